The van der Waals surface area contributed by atoms with Crippen LogP contribution >= 0.6 is 0 Å². The molecule has 6 nitrogen and oxygen atoms in total. The van der Waals surface area contributed by atoms with E-state index >= 15 is 0 Å². The first-order valence-electron chi connectivity index (χ1n) is 10.1. The molecule has 1 aliphatic rings. The molecule has 0 aliphatic carbocycles. The average Bonchev–Trinajstić information content (AvgIpc) is 2.74. The van der Waals surface area contributed by atoms with Gasteiger partial charge in [0.05, 0.1) is 13.2 Å². The van der Waals surface area contributed by atoms with Crippen molar-refractivity contribution in [3.63, 3.8) is 0 Å². The maximum atomic E-state index is 12.3. The molecular formula is C23H29N3O3. The number of amides is 2. The fourth-order valence-corrected chi connectivity index (χ4v) is 3.30. The van der Waals surface area contributed by atoms with Gasteiger partial charge < -0.3 is 15.4 Å². The summed E-state index contributed by atoms with van der Waals surface area (Å²) < 4.78 is 5.37. The highest BCUT2D eigenvalue weighted by molar-refractivity contribution is 5.95. The molecule has 154 valence electrons. The zero-order chi connectivity index (χ0) is 20.5. The maximum Gasteiger partial charge on any atom is 0.251 e. The summed E-state index contributed by atoms with van der Waals surface area (Å²) in [6, 6.07) is 16.7. The van der Waals surface area contributed by atoms with Gasteiger partial charge >= 0.3 is 0 Å². The van der Waals surface area contributed by atoms with Crippen molar-refractivity contribution >= 4 is 17.5 Å². The molecule has 6 heteroatoms. The van der Waals surface area contributed by atoms with Gasteiger partial charge in [-0.25, -0.2) is 0 Å². The van der Waals surface area contributed by atoms with Crippen LogP contribution in [0.2, 0.25) is 0 Å². The molecule has 2 amide bonds. The molecule has 1 fully saturated rings. The highest BCUT2D eigenvalue weighted by Gasteiger charge is 2.14. The normalized spacial score (nSPS) is 15.5. The van der Waals surface area contributed by atoms with Crippen LogP contribution in [-0.2, 0) is 16.0 Å². The van der Waals surface area contributed by atoms with Crippen molar-refractivity contribution < 1.29 is 14.3 Å². The topological polar surface area (TPSA) is 70.7 Å². The van der Waals surface area contributed by atoms with Crippen LogP contribution in [0.15, 0.2) is 54.6 Å². The lowest BCUT2D eigenvalue weighted by atomic mass is 10.1. The van der Waals surface area contributed by atoms with Crippen molar-refractivity contribution in [3.8, 4) is 0 Å². The third kappa shape index (κ3) is 7.00. The van der Waals surface area contributed by atoms with Gasteiger partial charge in [0.1, 0.15) is 0 Å². The van der Waals surface area contributed by atoms with Crippen molar-refractivity contribution in [1.29, 1.82) is 0 Å². The number of carbonyl (C=O) groups is 2. The fraction of sp³-hybridized carbons (Fsp3) is 0.391. The Morgan fingerprint density at radius 2 is 1.72 bits per heavy atom. The summed E-state index contributed by atoms with van der Waals surface area (Å²) in [6.07, 6.45) is 1.20. The second-order valence-corrected chi connectivity index (χ2v) is 7.39. The smallest absolute Gasteiger partial charge is 0.251 e. The van der Waals surface area contributed by atoms with Crippen LogP contribution in [0.3, 0.4) is 0 Å². The molecule has 1 heterocycles. The first-order chi connectivity index (χ1) is 14.1. The Labute approximate surface area is 172 Å². The summed E-state index contributed by atoms with van der Waals surface area (Å²) in [6.45, 7) is 6.47. The summed E-state index contributed by atoms with van der Waals surface area (Å²) in [5.74, 6) is -0.289. The van der Waals surface area contributed by atoms with E-state index in [1.807, 2.05) is 37.3 Å². The molecule has 0 radical (unpaired) electrons. The second kappa shape index (κ2) is 10.7. The number of anilines is 1. The molecule has 2 N–H and O–H groups in total. The Kier molecular flexibility index (Phi) is 7.78. The number of nitrogens with one attached hydrogen (secondary N) is 2. The lowest BCUT2D eigenvalue weighted by Crippen LogP contribution is -2.37. The van der Waals surface area contributed by atoms with Gasteiger partial charge in [0.2, 0.25) is 5.91 Å². The maximum absolute atomic E-state index is 12.3. The largest absolute Gasteiger partial charge is 0.379 e. The molecule has 1 atom stereocenters. The number of hydrogen-bond donors (Lipinski definition) is 2. The van der Waals surface area contributed by atoms with Crippen molar-refractivity contribution in [2.24, 2.45) is 0 Å². The third-order valence-electron chi connectivity index (χ3n) is 4.96. The summed E-state index contributed by atoms with van der Waals surface area (Å²) in [4.78, 5) is 26.8. The van der Waals surface area contributed by atoms with Crippen LogP contribution in [-0.4, -0.2) is 55.6 Å². The number of benzene rings is 2. The Balaban J connectivity index is 1.41. The minimum Gasteiger partial charge on any atom is -0.379 e. The number of hydrogen-bond acceptors (Lipinski definition) is 4. The van der Waals surface area contributed by atoms with Gasteiger partial charge in [-0.05, 0) is 43.2 Å². The van der Waals surface area contributed by atoms with Crippen molar-refractivity contribution in [2.75, 3.05) is 38.2 Å². The fourth-order valence-electron chi connectivity index (χ4n) is 3.30. The average molecular weight is 396 g/mol. The number of rotatable bonds is 8. The van der Waals surface area contributed by atoms with E-state index in [0.717, 1.165) is 45.0 Å². The lowest BCUT2D eigenvalue weighted by Gasteiger charge is -2.26. The monoisotopic (exact) mass is 395 g/mol. The molecule has 1 unspecified atom stereocenters. The SMILES string of the molecule is CC(CC(=O)Nc1ccc(CCN2CCOCC2)cc1)NC(=O)c1ccccc1. The van der Waals surface area contributed by atoms with Crippen molar-refractivity contribution in [3.05, 3.63) is 65.7 Å². The molecule has 1 saturated heterocycles. The highest BCUT2D eigenvalue weighted by atomic mass is 16.5. The molecule has 3 rings (SSSR count). The second-order valence-electron chi connectivity index (χ2n) is 7.39. The van der Waals surface area contributed by atoms with Crippen LogP contribution in [0, 0.1) is 0 Å². The standard InChI is InChI=1S/C23H29N3O3/c1-18(24-23(28)20-5-3-2-4-6-20)17-22(27)25-21-9-7-19(8-10-21)11-12-26-13-15-29-16-14-26/h2-10,18H,11-17H2,1H3,(H,24,28)(H,25,27). The molecular weight excluding hydrogens is 366 g/mol. The number of nitrogens with zero attached hydrogens (tertiary/aromatic N) is 1. The molecule has 0 saturated carbocycles. The van der Waals surface area contributed by atoms with Gasteiger partial charge in [0.15, 0.2) is 0 Å². The van der Waals surface area contributed by atoms with Crippen LogP contribution in [0.4, 0.5) is 5.69 Å². The summed E-state index contributed by atoms with van der Waals surface area (Å²) in [7, 11) is 0. The van der Waals surface area contributed by atoms with Gasteiger partial charge in [-0.2, -0.15) is 0 Å². The van der Waals surface area contributed by atoms with Gasteiger partial charge in [-0.15, -0.1) is 0 Å². The molecule has 1 aliphatic heterocycles. The molecule has 29 heavy (non-hydrogen) atoms. The highest BCUT2D eigenvalue weighted by Crippen LogP contribution is 2.12. The summed E-state index contributed by atoms with van der Waals surface area (Å²) in [5, 5.41) is 5.76. The first kappa shape index (κ1) is 21.0. The lowest BCUT2D eigenvalue weighted by molar-refractivity contribution is -0.116. The van der Waals surface area contributed by atoms with E-state index in [0.29, 0.717) is 5.56 Å². The van der Waals surface area contributed by atoms with E-state index in [9.17, 15) is 9.59 Å². The summed E-state index contributed by atoms with van der Waals surface area (Å²) >= 11 is 0. The van der Waals surface area contributed by atoms with Gasteiger partial charge in [-0.1, -0.05) is 30.3 Å². The molecule has 0 aromatic heterocycles. The number of carbonyl (C=O) groups excluding carboxylic acids is 2. The molecule has 2 aromatic carbocycles. The van der Waals surface area contributed by atoms with E-state index in [4.69, 9.17) is 4.74 Å². The van der Waals surface area contributed by atoms with E-state index in [1.54, 1.807) is 12.1 Å². The van der Waals surface area contributed by atoms with Crippen LogP contribution in [0.5, 0.6) is 0 Å². The minimum atomic E-state index is -0.254. The van der Waals surface area contributed by atoms with Gasteiger partial charge in [0, 0.05) is 43.3 Å². The first-order valence-corrected chi connectivity index (χ1v) is 10.1. The Hall–Kier alpha value is -2.70. The van der Waals surface area contributed by atoms with E-state index in [1.165, 1.54) is 5.56 Å². The van der Waals surface area contributed by atoms with Gasteiger partial charge in [0.25, 0.3) is 5.91 Å². The predicted molar refractivity (Wildman–Crippen MR) is 114 cm³/mol. The van der Waals surface area contributed by atoms with E-state index in [-0.39, 0.29) is 24.3 Å². The van der Waals surface area contributed by atoms with Crippen LogP contribution in [0.25, 0.3) is 0 Å². The van der Waals surface area contributed by atoms with Crippen LogP contribution < -0.4 is 10.6 Å². The Bertz CT molecular complexity index is 787. The zero-order valence-electron chi connectivity index (χ0n) is 16.9. The Morgan fingerprint density at radius 1 is 1.03 bits per heavy atom. The van der Waals surface area contributed by atoms with E-state index in [2.05, 4.69) is 27.7 Å². The third-order valence-corrected chi connectivity index (χ3v) is 4.96. The number of ether oxygens (including phenoxy) is 1. The zero-order valence-corrected chi connectivity index (χ0v) is 16.9. The molecule has 0 bridgehead atoms. The van der Waals surface area contributed by atoms with Crippen LogP contribution in [0.1, 0.15) is 29.3 Å². The predicted octanol–water partition coefficient (Wildman–Crippen LogP) is 2.71. The summed E-state index contributed by atoms with van der Waals surface area (Å²) in [5.41, 5.74) is 2.61. The Morgan fingerprint density at radius 3 is 2.41 bits per heavy atom. The molecule has 0 spiro atoms. The molecule has 2 aromatic rings. The quantitative estimate of drug-likeness (QED) is 0.721. The van der Waals surface area contributed by atoms with Crippen molar-refractivity contribution in [1.82, 2.24) is 10.2 Å². The number of morpholine rings is 1. The van der Waals surface area contributed by atoms with E-state index < -0.39 is 0 Å². The minimum absolute atomic E-state index is 0.119. The van der Waals surface area contributed by atoms with Gasteiger partial charge in [-0.3, -0.25) is 14.5 Å². The van der Waals surface area contributed by atoms with Crippen molar-refractivity contribution in [2.45, 2.75) is 25.8 Å².